The van der Waals surface area contributed by atoms with Crippen molar-refractivity contribution in [2.45, 2.75) is 39.5 Å². The van der Waals surface area contributed by atoms with E-state index in [0.29, 0.717) is 23.6 Å². The van der Waals surface area contributed by atoms with Gasteiger partial charge in [0.2, 0.25) is 5.95 Å². The second kappa shape index (κ2) is 11.2. The highest BCUT2D eigenvalue weighted by Gasteiger charge is 2.13. The fraction of sp³-hybridized carbons (Fsp3) is 0.423. The van der Waals surface area contributed by atoms with E-state index in [-0.39, 0.29) is 12.0 Å². The Morgan fingerprint density at radius 2 is 1.82 bits per heavy atom. The SMILES string of the molecule is COc1cc2cnc(NC(=O)Nc3c(C)cccc3C)nc2cc1OCCCN1CCCCC1. The van der Waals surface area contributed by atoms with Gasteiger partial charge in [-0.05, 0) is 63.4 Å². The third-order valence-electron chi connectivity index (χ3n) is 6.14. The molecule has 2 N–H and O–H groups in total. The maximum atomic E-state index is 12.5. The molecule has 2 heterocycles. The van der Waals surface area contributed by atoms with Gasteiger partial charge in [-0.2, -0.15) is 0 Å². The topological polar surface area (TPSA) is 88.6 Å². The van der Waals surface area contributed by atoms with Gasteiger partial charge in [0, 0.05) is 29.9 Å². The number of aromatic nitrogens is 2. The number of carbonyl (C=O) groups excluding carboxylic acids is 1. The minimum absolute atomic E-state index is 0.220. The third kappa shape index (κ3) is 5.94. The fourth-order valence-corrected chi connectivity index (χ4v) is 4.28. The first kappa shape index (κ1) is 23.8. The lowest BCUT2D eigenvalue weighted by Gasteiger charge is -2.26. The van der Waals surface area contributed by atoms with E-state index in [1.54, 1.807) is 13.3 Å². The highest BCUT2D eigenvalue weighted by Crippen LogP contribution is 2.32. The van der Waals surface area contributed by atoms with Crippen LogP contribution in [0.2, 0.25) is 0 Å². The summed E-state index contributed by atoms with van der Waals surface area (Å²) in [7, 11) is 1.62. The number of fused-ring (bicyclic) bond motifs is 1. The maximum absolute atomic E-state index is 12.5. The number of hydrogen-bond donors (Lipinski definition) is 2. The second-order valence-corrected chi connectivity index (χ2v) is 8.71. The Bertz CT molecular complexity index is 1120. The third-order valence-corrected chi connectivity index (χ3v) is 6.14. The van der Waals surface area contributed by atoms with Gasteiger partial charge >= 0.3 is 6.03 Å². The zero-order chi connectivity index (χ0) is 23.9. The van der Waals surface area contributed by atoms with E-state index >= 15 is 0 Å². The molecule has 0 spiro atoms. The van der Waals surface area contributed by atoms with Crippen LogP contribution in [0.3, 0.4) is 0 Å². The molecule has 1 aliphatic rings. The molecular weight excluding hydrogens is 430 g/mol. The largest absolute Gasteiger partial charge is 0.493 e. The molecule has 0 atom stereocenters. The molecule has 180 valence electrons. The van der Waals surface area contributed by atoms with Gasteiger partial charge in [0.25, 0.3) is 0 Å². The summed E-state index contributed by atoms with van der Waals surface area (Å²) in [5.74, 6) is 1.50. The van der Waals surface area contributed by atoms with Crippen LogP contribution in [0.25, 0.3) is 10.9 Å². The number of carbonyl (C=O) groups is 1. The molecule has 2 aromatic carbocycles. The number of ether oxygens (including phenoxy) is 2. The number of piperidine rings is 1. The van der Waals surface area contributed by atoms with Crippen LogP contribution < -0.4 is 20.1 Å². The lowest BCUT2D eigenvalue weighted by molar-refractivity contribution is 0.203. The molecule has 1 fully saturated rings. The highest BCUT2D eigenvalue weighted by molar-refractivity contribution is 6.00. The van der Waals surface area contributed by atoms with Crippen LogP contribution >= 0.6 is 0 Å². The van der Waals surface area contributed by atoms with Gasteiger partial charge in [0.1, 0.15) is 0 Å². The van der Waals surface area contributed by atoms with Gasteiger partial charge in [-0.25, -0.2) is 14.8 Å². The lowest BCUT2D eigenvalue weighted by Crippen LogP contribution is -2.31. The molecule has 2 amide bonds. The molecule has 0 unspecified atom stereocenters. The van der Waals surface area contributed by atoms with E-state index in [1.165, 1.54) is 32.4 Å². The van der Waals surface area contributed by atoms with Crippen molar-refractivity contribution in [2.75, 3.05) is 44.0 Å². The number of urea groups is 1. The monoisotopic (exact) mass is 463 g/mol. The quantitative estimate of drug-likeness (QED) is 0.449. The average molecular weight is 464 g/mol. The number of rotatable bonds is 8. The summed E-state index contributed by atoms with van der Waals surface area (Å²) >= 11 is 0. The first-order chi connectivity index (χ1) is 16.5. The average Bonchev–Trinajstić information content (AvgIpc) is 2.84. The van der Waals surface area contributed by atoms with Gasteiger partial charge in [0.15, 0.2) is 11.5 Å². The van der Waals surface area contributed by atoms with Gasteiger partial charge in [-0.15, -0.1) is 0 Å². The molecule has 1 aromatic heterocycles. The molecule has 4 rings (SSSR count). The van der Waals surface area contributed by atoms with Crippen LogP contribution in [0, 0.1) is 13.8 Å². The van der Waals surface area contributed by atoms with Crippen molar-refractivity contribution in [3.05, 3.63) is 47.7 Å². The van der Waals surface area contributed by atoms with Crippen molar-refractivity contribution in [3.8, 4) is 11.5 Å². The van der Waals surface area contributed by atoms with Gasteiger partial charge < -0.3 is 19.7 Å². The molecule has 1 aliphatic heterocycles. The van der Waals surface area contributed by atoms with Gasteiger partial charge in [-0.1, -0.05) is 24.6 Å². The zero-order valence-electron chi connectivity index (χ0n) is 20.2. The van der Waals surface area contributed by atoms with E-state index in [1.807, 2.05) is 44.2 Å². The Hall–Kier alpha value is -3.39. The van der Waals surface area contributed by atoms with Crippen molar-refractivity contribution in [2.24, 2.45) is 0 Å². The number of aryl methyl sites for hydroxylation is 2. The van der Waals surface area contributed by atoms with Crippen LogP contribution in [0.5, 0.6) is 11.5 Å². The Morgan fingerprint density at radius 1 is 1.06 bits per heavy atom. The van der Waals surface area contributed by atoms with Crippen LogP contribution in [0.15, 0.2) is 36.5 Å². The smallest absolute Gasteiger partial charge is 0.326 e. The Balaban J connectivity index is 1.41. The number of amides is 2. The summed E-state index contributed by atoms with van der Waals surface area (Å²) in [6, 6.07) is 9.18. The summed E-state index contributed by atoms with van der Waals surface area (Å²) in [6.07, 6.45) is 6.54. The molecule has 3 aromatic rings. The molecule has 8 heteroatoms. The first-order valence-electron chi connectivity index (χ1n) is 11.9. The fourth-order valence-electron chi connectivity index (χ4n) is 4.28. The van der Waals surface area contributed by atoms with Crippen molar-refractivity contribution < 1.29 is 14.3 Å². The minimum Gasteiger partial charge on any atom is -0.493 e. The molecule has 0 saturated carbocycles. The number of anilines is 2. The molecule has 8 nitrogen and oxygen atoms in total. The van der Waals surface area contributed by atoms with Gasteiger partial charge in [-0.3, -0.25) is 5.32 Å². The predicted octanol–water partition coefficient (Wildman–Crippen LogP) is 5.15. The number of nitrogens with one attached hydrogen (secondary N) is 2. The number of methoxy groups -OCH3 is 1. The highest BCUT2D eigenvalue weighted by atomic mass is 16.5. The Kier molecular flexibility index (Phi) is 7.80. The summed E-state index contributed by atoms with van der Waals surface area (Å²) in [5, 5.41) is 6.42. The Morgan fingerprint density at radius 3 is 2.56 bits per heavy atom. The van der Waals surface area contributed by atoms with Gasteiger partial charge in [0.05, 0.1) is 19.2 Å². The summed E-state index contributed by atoms with van der Waals surface area (Å²) in [6.45, 7) is 7.92. The number of hydrogen-bond acceptors (Lipinski definition) is 6. The second-order valence-electron chi connectivity index (χ2n) is 8.71. The summed E-state index contributed by atoms with van der Waals surface area (Å²) in [4.78, 5) is 23.8. The minimum atomic E-state index is -0.389. The normalized spacial score (nSPS) is 14.1. The van der Waals surface area contributed by atoms with Crippen LogP contribution in [0.1, 0.15) is 36.8 Å². The van der Waals surface area contributed by atoms with E-state index < -0.39 is 0 Å². The summed E-state index contributed by atoms with van der Waals surface area (Å²) < 4.78 is 11.6. The van der Waals surface area contributed by atoms with Crippen LogP contribution in [-0.4, -0.2) is 54.2 Å². The predicted molar refractivity (Wildman–Crippen MR) is 135 cm³/mol. The van der Waals surface area contributed by atoms with E-state index in [0.717, 1.165) is 35.2 Å². The standard InChI is InChI=1S/C26H33N5O3/c1-18-9-7-10-19(2)24(18)29-26(32)30-25-27-17-20-15-22(33-3)23(16-21(20)28-25)34-14-8-13-31-11-5-4-6-12-31/h7,9-10,15-17H,4-6,8,11-14H2,1-3H3,(H2,27,28,29,30,32). The maximum Gasteiger partial charge on any atom is 0.326 e. The van der Waals surface area contributed by atoms with Crippen LogP contribution in [0.4, 0.5) is 16.4 Å². The molecular formula is C26H33N5O3. The van der Waals surface area contributed by atoms with Crippen molar-refractivity contribution in [1.82, 2.24) is 14.9 Å². The molecule has 0 aliphatic carbocycles. The molecule has 34 heavy (non-hydrogen) atoms. The molecule has 0 bridgehead atoms. The van der Waals surface area contributed by atoms with Crippen molar-refractivity contribution >= 4 is 28.6 Å². The van der Waals surface area contributed by atoms with Crippen molar-refractivity contribution in [1.29, 1.82) is 0 Å². The first-order valence-corrected chi connectivity index (χ1v) is 11.9. The number of nitrogens with zero attached hydrogens (tertiary/aromatic N) is 3. The number of benzene rings is 2. The number of para-hydroxylation sites is 1. The van der Waals surface area contributed by atoms with E-state index in [4.69, 9.17) is 9.47 Å². The zero-order valence-corrected chi connectivity index (χ0v) is 20.2. The van der Waals surface area contributed by atoms with Crippen molar-refractivity contribution in [3.63, 3.8) is 0 Å². The summed E-state index contributed by atoms with van der Waals surface area (Å²) in [5.41, 5.74) is 3.43. The lowest BCUT2D eigenvalue weighted by atomic mass is 10.1. The number of likely N-dealkylation sites (tertiary alicyclic amines) is 1. The molecule has 1 saturated heterocycles. The Labute approximate surface area is 200 Å². The van der Waals surface area contributed by atoms with Crippen LogP contribution in [-0.2, 0) is 0 Å². The van der Waals surface area contributed by atoms with E-state index in [9.17, 15) is 4.79 Å². The molecule has 0 radical (unpaired) electrons. The van der Waals surface area contributed by atoms with E-state index in [2.05, 4.69) is 25.5 Å².